The number of nitrogens with one attached hydrogen (secondary N) is 2. The third-order valence-corrected chi connectivity index (χ3v) is 9.16. The number of aliphatic hydroxyl groups is 1. The summed E-state index contributed by atoms with van der Waals surface area (Å²) in [6.45, 7) is 2.96. The van der Waals surface area contributed by atoms with Crippen molar-refractivity contribution < 1.29 is 23.0 Å². The Morgan fingerprint density at radius 1 is 1.00 bits per heavy atom. The van der Waals surface area contributed by atoms with E-state index < -0.39 is 15.9 Å². The Labute approximate surface area is 233 Å². The highest BCUT2D eigenvalue weighted by Crippen LogP contribution is 2.45. The maximum absolute atomic E-state index is 13.5. The highest BCUT2D eigenvalue weighted by atomic mass is 32.2. The molecule has 1 saturated heterocycles. The van der Waals surface area contributed by atoms with Crippen LogP contribution >= 0.6 is 0 Å². The molecule has 40 heavy (non-hydrogen) atoms. The van der Waals surface area contributed by atoms with Gasteiger partial charge in [0.25, 0.3) is 0 Å². The Kier molecular flexibility index (Phi) is 7.13. The molecule has 3 aromatic rings. The molecule has 12 heteroatoms. The molecular weight excluding hydrogens is 532 g/mol. The van der Waals surface area contributed by atoms with Crippen LogP contribution in [0, 0.1) is 0 Å². The van der Waals surface area contributed by atoms with Gasteiger partial charge in [-0.25, -0.2) is 8.42 Å². The number of anilines is 4. The van der Waals surface area contributed by atoms with Crippen LogP contribution in [0.5, 0.6) is 5.75 Å². The normalized spacial score (nSPS) is 18.2. The first-order chi connectivity index (χ1) is 19.4. The van der Waals surface area contributed by atoms with Crippen LogP contribution in [0.2, 0.25) is 0 Å². The standard InChI is InChI=1S/C28H32N6O5S/c1-38-23-10-6-20(7-11-23)34-30-28(29-31-34)13-9-22(35)19-33-24-4-2-3-5-26(24)40(36,37)27-12-8-21(18-25(27)33)32-14-16-39-17-15-32/h2-8,10-12,18,22,31,35H,9,13-17,19H2,1H3,(H,29,30). The van der Waals surface area contributed by atoms with Gasteiger partial charge in [-0.2, -0.15) is 10.7 Å². The van der Waals surface area contributed by atoms with Crippen molar-refractivity contribution in [3.63, 3.8) is 0 Å². The number of sulfone groups is 1. The highest BCUT2D eigenvalue weighted by molar-refractivity contribution is 7.92. The Morgan fingerprint density at radius 2 is 1.73 bits per heavy atom. The summed E-state index contributed by atoms with van der Waals surface area (Å²) in [5.41, 5.74) is 9.07. The average molecular weight is 565 g/mol. The van der Waals surface area contributed by atoms with Gasteiger partial charge in [0.1, 0.15) is 11.6 Å². The average Bonchev–Trinajstić information content (AvgIpc) is 3.48. The van der Waals surface area contributed by atoms with Gasteiger partial charge in [0, 0.05) is 31.7 Å². The number of nitrogens with zero attached hydrogens (tertiary/aromatic N) is 4. The van der Waals surface area contributed by atoms with Crippen molar-refractivity contribution in [3.05, 3.63) is 66.7 Å². The first-order valence-corrected chi connectivity index (χ1v) is 14.7. The minimum Gasteiger partial charge on any atom is -0.497 e. The van der Waals surface area contributed by atoms with E-state index in [0.717, 1.165) is 30.2 Å². The predicted octanol–water partition coefficient (Wildman–Crippen LogP) is 2.80. The molecule has 6 rings (SSSR count). The molecular formula is C28H32N6O5S. The number of hydrazone groups is 1. The second-order valence-corrected chi connectivity index (χ2v) is 11.7. The third-order valence-electron chi connectivity index (χ3n) is 7.31. The molecule has 1 fully saturated rings. The van der Waals surface area contributed by atoms with Gasteiger partial charge in [-0.1, -0.05) is 12.1 Å². The van der Waals surface area contributed by atoms with Gasteiger partial charge in [0.15, 0.2) is 0 Å². The summed E-state index contributed by atoms with van der Waals surface area (Å²) in [6, 6.07) is 19.9. The molecule has 3 aliphatic heterocycles. The largest absolute Gasteiger partial charge is 0.497 e. The Morgan fingerprint density at radius 3 is 2.50 bits per heavy atom. The topological polar surface area (TPSA) is 119 Å². The fraction of sp³-hybridized carbons (Fsp3) is 0.321. The minimum atomic E-state index is -3.70. The zero-order valence-corrected chi connectivity index (χ0v) is 23.0. The maximum Gasteiger partial charge on any atom is 0.210 e. The molecule has 1 unspecified atom stereocenters. The first kappa shape index (κ1) is 26.2. The molecule has 0 bridgehead atoms. The van der Waals surface area contributed by atoms with Crippen molar-refractivity contribution in [1.82, 2.24) is 11.0 Å². The summed E-state index contributed by atoms with van der Waals surface area (Å²) >= 11 is 0. The number of para-hydroxylation sites is 1. The summed E-state index contributed by atoms with van der Waals surface area (Å²) in [5, 5.41) is 17.2. The molecule has 11 nitrogen and oxygen atoms in total. The van der Waals surface area contributed by atoms with Crippen LogP contribution in [-0.2, 0) is 14.6 Å². The van der Waals surface area contributed by atoms with Crippen molar-refractivity contribution in [3.8, 4) is 5.75 Å². The quantitative estimate of drug-likeness (QED) is 0.377. The van der Waals surface area contributed by atoms with E-state index in [0.29, 0.717) is 43.3 Å². The molecule has 0 saturated carbocycles. The van der Waals surface area contributed by atoms with Crippen LogP contribution in [0.25, 0.3) is 0 Å². The van der Waals surface area contributed by atoms with E-state index in [-0.39, 0.29) is 16.3 Å². The fourth-order valence-electron chi connectivity index (χ4n) is 5.17. The zero-order valence-electron chi connectivity index (χ0n) is 22.2. The van der Waals surface area contributed by atoms with Crippen molar-refractivity contribution in [2.24, 2.45) is 5.10 Å². The number of amidine groups is 1. The van der Waals surface area contributed by atoms with Crippen molar-refractivity contribution >= 4 is 38.4 Å². The molecule has 3 aromatic carbocycles. The van der Waals surface area contributed by atoms with Crippen molar-refractivity contribution in [2.45, 2.75) is 28.7 Å². The second kappa shape index (κ2) is 10.9. The van der Waals surface area contributed by atoms with Crippen LogP contribution in [-0.4, -0.2) is 65.4 Å². The number of ether oxygens (including phenoxy) is 2. The number of fused-ring (bicyclic) bond motifs is 2. The molecule has 3 heterocycles. The number of methoxy groups -OCH3 is 1. The summed E-state index contributed by atoms with van der Waals surface area (Å²) in [7, 11) is -2.08. The van der Waals surface area contributed by atoms with Crippen LogP contribution in [0.1, 0.15) is 12.8 Å². The van der Waals surface area contributed by atoms with Crippen molar-refractivity contribution in [2.75, 3.05) is 54.9 Å². The second-order valence-electron chi connectivity index (χ2n) is 9.83. The molecule has 1 atom stereocenters. The van der Waals surface area contributed by atoms with E-state index in [1.807, 2.05) is 47.4 Å². The van der Waals surface area contributed by atoms with E-state index in [1.165, 1.54) is 0 Å². The Bertz CT molecular complexity index is 1510. The SMILES string of the molecule is COc1ccc(N2NN=C(CCC(O)CN3c4ccccc4S(=O)(=O)c4ccc(N5CCOCC5)cc43)N2)cc1. The number of rotatable bonds is 8. The Hall–Kier alpha value is -4.00. The Balaban J connectivity index is 1.18. The number of hydrazine groups is 2. The van der Waals surface area contributed by atoms with Crippen LogP contribution in [0.15, 0.2) is 81.6 Å². The third kappa shape index (κ3) is 5.01. The van der Waals surface area contributed by atoms with Crippen LogP contribution in [0.4, 0.5) is 22.7 Å². The molecule has 3 N–H and O–H groups in total. The lowest BCUT2D eigenvalue weighted by Gasteiger charge is -2.36. The van der Waals surface area contributed by atoms with Crippen LogP contribution in [0.3, 0.4) is 0 Å². The monoisotopic (exact) mass is 564 g/mol. The van der Waals surface area contributed by atoms with Gasteiger partial charge >= 0.3 is 0 Å². The lowest BCUT2D eigenvalue weighted by Crippen LogP contribution is -2.41. The van der Waals surface area contributed by atoms with Gasteiger partial charge < -0.3 is 24.4 Å². The number of β-amino-alcohol motifs (C(OH)–C–C–N with tert-alkyl or cyclic N) is 1. The molecule has 0 amide bonds. The van der Waals surface area contributed by atoms with Gasteiger partial charge in [0.2, 0.25) is 9.84 Å². The van der Waals surface area contributed by atoms with Crippen molar-refractivity contribution in [1.29, 1.82) is 0 Å². The number of aliphatic hydroxyl groups excluding tert-OH is 1. The lowest BCUT2D eigenvalue weighted by molar-refractivity contribution is 0.122. The predicted molar refractivity (Wildman–Crippen MR) is 153 cm³/mol. The summed E-state index contributed by atoms with van der Waals surface area (Å²) in [5.74, 6) is 1.45. The summed E-state index contributed by atoms with van der Waals surface area (Å²) in [6.07, 6.45) is 0.177. The van der Waals surface area contributed by atoms with Gasteiger partial charge in [0.05, 0.1) is 53.3 Å². The number of benzene rings is 3. The highest BCUT2D eigenvalue weighted by Gasteiger charge is 2.35. The molecule has 0 spiro atoms. The van der Waals surface area contributed by atoms with Gasteiger partial charge in [-0.15, -0.1) is 5.10 Å². The van der Waals surface area contributed by atoms with E-state index in [9.17, 15) is 13.5 Å². The fourth-order valence-corrected chi connectivity index (χ4v) is 6.81. The number of hydrogen-bond donors (Lipinski definition) is 3. The van der Waals surface area contributed by atoms with Gasteiger partial charge in [-0.05, 0) is 61.0 Å². The van der Waals surface area contributed by atoms with E-state index in [4.69, 9.17) is 9.47 Å². The number of morpholine rings is 1. The van der Waals surface area contributed by atoms with Gasteiger partial charge in [-0.3, -0.25) is 5.43 Å². The smallest absolute Gasteiger partial charge is 0.210 e. The molecule has 0 aromatic heterocycles. The summed E-state index contributed by atoms with van der Waals surface area (Å²) in [4.78, 5) is 4.61. The van der Waals surface area contributed by atoms with E-state index >= 15 is 0 Å². The maximum atomic E-state index is 13.5. The first-order valence-electron chi connectivity index (χ1n) is 13.2. The number of hydrogen-bond acceptors (Lipinski definition) is 11. The van der Waals surface area contributed by atoms with E-state index in [2.05, 4.69) is 21.0 Å². The zero-order chi connectivity index (χ0) is 27.7. The molecule has 0 aliphatic carbocycles. The molecule has 3 aliphatic rings. The lowest BCUT2D eigenvalue weighted by atomic mass is 10.1. The van der Waals surface area contributed by atoms with Crippen LogP contribution < -0.4 is 30.6 Å². The minimum absolute atomic E-state index is 0.231. The summed E-state index contributed by atoms with van der Waals surface area (Å²) < 4.78 is 37.8. The molecule has 0 radical (unpaired) electrons. The molecule has 210 valence electrons. The van der Waals surface area contributed by atoms with E-state index in [1.54, 1.807) is 36.5 Å².